The van der Waals surface area contributed by atoms with E-state index in [0.717, 1.165) is 12.8 Å². The summed E-state index contributed by atoms with van der Waals surface area (Å²) in [6, 6.07) is 0. The van der Waals surface area contributed by atoms with Crippen LogP contribution in [0.5, 0.6) is 0 Å². The van der Waals surface area contributed by atoms with Crippen LogP contribution in [-0.4, -0.2) is 11.2 Å². The molecule has 0 aliphatic heterocycles. The minimum Gasteiger partial charge on any atom is -0.377 e. The molecule has 0 radical (unpaired) electrons. The topological polar surface area (TPSA) is 20.2 Å². The molecule has 0 aromatic heterocycles. The monoisotopic (exact) mass is 258 g/mol. The standard InChI is InChI=1S/C18H26O/c1-3-5-6-7-8-9-10-11-12-13-14-15-16-17-18(19)4-2/h4,11-12,18-19H,2-3,5-10,13H2,1H3/b12-11-/t18-/m1/s1. The first-order valence-electron chi connectivity index (χ1n) is 7.25. The van der Waals surface area contributed by atoms with E-state index >= 15 is 0 Å². The summed E-state index contributed by atoms with van der Waals surface area (Å²) in [6.07, 6.45) is 14.8. The Kier molecular flexibility index (Phi) is 13.5. The van der Waals surface area contributed by atoms with Gasteiger partial charge in [-0.25, -0.2) is 0 Å². The molecule has 0 aliphatic carbocycles. The highest BCUT2D eigenvalue weighted by atomic mass is 16.3. The Hall–Kier alpha value is -1.44. The lowest BCUT2D eigenvalue weighted by Gasteiger charge is -1.97. The quantitative estimate of drug-likeness (QED) is 0.372. The summed E-state index contributed by atoms with van der Waals surface area (Å²) in [4.78, 5) is 0. The molecule has 1 N–H and O–H groups in total. The lowest BCUT2D eigenvalue weighted by atomic mass is 10.1. The maximum atomic E-state index is 9.06. The van der Waals surface area contributed by atoms with Crippen LogP contribution in [0.3, 0.4) is 0 Å². The molecule has 1 atom stereocenters. The Morgan fingerprint density at radius 1 is 1.05 bits per heavy atom. The second kappa shape index (κ2) is 14.6. The summed E-state index contributed by atoms with van der Waals surface area (Å²) < 4.78 is 0. The van der Waals surface area contributed by atoms with Crippen molar-refractivity contribution in [2.24, 2.45) is 0 Å². The van der Waals surface area contributed by atoms with Gasteiger partial charge < -0.3 is 5.11 Å². The molecule has 0 spiro atoms. The molecule has 0 aromatic carbocycles. The molecule has 104 valence electrons. The summed E-state index contributed by atoms with van der Waals surface area (Å²) in [6.45, 7) is 5.67. The van der Waals surface area contributed by atoms with E-state index in [-0.39, 0.29) is 0 Å². The van der Waals surface area contributed by atoms with Gasteiger partial charge in [-0.1, -0.05) is 75.7 Å². The zero-order chi connectivity index (χ0) is 14.2. The molecule has 1 nitrogen and oxygen atoms in total. The molecule has 0 heterocycles. The second-order valence-electron chi connectivity index (χ2n) is 4.48. The van der Waals surface area contributed by atoms with Gasteiger partial charge in [-0.15, -0.1) is 0 Å². The van der Waals surface area contributed by atoms with Crippen molar-refractivity contribution in [3.8, 4) is 23.7 Å². The molecule has 0 fully saturated rings. The van der Waals surface area contributed by atoms with E-state index < -0.39 is 6.10 Å². The highest BCUT2D eigenvalue weighted by Crippen LogP contribution is 2.07. The third-order valence-electron chi connectivity index (χ3n) is 2.71. The van der Waals surface area contributed by atoms with Crippen LogP contribution in [0.25, 0.3) is 0 Å². The van der Waals surface area contributed by atoms with Crippen molar-refractivity contribution < 1.29 is 5.11 Å². The van der Waals surface area contributed by atoms with Crippen LogP contribution in [0, 0.1) is 23.7 Å². The fourth-order valence-corrected chi connectivity index (χ4v) is 1.57. The third-order valence-corrected chi connectivity index (χ3v) is 2.71. The molecule has 0 saturated carbocycles. The maximum Gasteiger partial charge on any atom is 0.134 e. The third kappa shape index (κ3) is 14.5. The minimum absolute atomic E-state index is 0.731. The van der Waals surface area contributed by atoms with E-state index in [1.165, 1.54) is 44.6 Å². The van der Waals surface area contributed by atoms with E-state index in [2.05, 4.69) is 49.3 Å². The van der Waals surface area contributed by atoms with Crippen LogP contribution in [0.4, 0.5) is 0 Å². The molecule has 0 aromatic rings. The molecule has 0 unspecified atom stereocenters. The van der Waals surface area contributed by atoms with Gasteiger partial charge in [-0.3, -0.25) is 0 Å². The van der Waals surface area contributed by atoms with Crippen molar-refractivity contribution in [1.29, 1.82) is 0 Å². The molecular formula is C18H26O. The number of unbranched alkanes of at least 4 members (excludes halogenated alkanes) is 6. The van der Waals surface area contributed by atoms with Crippen molar-refractivity contribution >= 4 is 0 Å². The van der Waals surface area contributed by atoms with Gasteiger partial charge in [0.1, 0.15) is 6.10 Å². The van der Waals surface area contributed by atoms with Crippen LogP contribution in [0.15, 0.2) is 24.8 Å². The molecule has 0 rings (SSSR count). The summed E-state index contributed by atoms with van der Waals surface area (Å²) in [5, 5.41) is 9.06. The highest BCUT2D eigenvalue weighted by Gasteiger charge is 1.87. The van der Waals surface area contributed by atoms with Crippen molar-refractivity contribution in [3.05, 3.63) is 24.8 Å². The van der Waals surface area contributed by atoms with Gasteiger partial charge in [0, 0.05) is 6.42 Å². The van der Waals surface area contributed by atoms with Gasteiger partial charge in [0.05, 0.1) is 0 Å². The zero-order valence-electron chi connectivity index (χ0n) is 12.1. The molecule has 0 aliphatic rings. The van der Waals surface area contributed by atoms with E-state index in [1.807, 2.05) is 0 Å². The van der Waals surface area contributed by atoms with E-state index in [4.69, 9.17) is 5.11 Å². The van der Waals surface area contributed by atoms with Gasteiger partial charge in [0.15, 0.2) is 0 Å². The normalized spacial score (nSPS) is 11.3. The van der Waals surface area contributed by atoms with Crippen LogP contribution >= 0.6 is 0 Å². The zero-order valence-corrected chi connectivity index (χ0v) is 12.1. The minimum atomic E-state index is -0.766. The Labute approximate surface area is 118 Å². The SMILES string of the molecule is C=C[C@@H](O)C#CC#CC/C=C\CCCCCCCC. The molecular weight excluding hydrogens is 232 g/mol. The average Bonchev–Trinajstić information content (AvgIpc) is 2.43. The predicted octanol–water partition coefficient (Wildman–Crippen LogP) is 4.24. The Balaban J connectivity index is 3.46. The highest BCUT2D eigenvalue weighted by molar-refractivity contribution is 5.29. The lowest BCUT2D eigenvalue weighted by molar-refractivity contribution is 0.281. The first kappa shape index (κ1) is 17.6. The molecule has 1 heteroatoms. The van der Waals surface area contributed by atoms with Crippen LogP contribution in [-0.2, 0) is 0 Å². The van der Waals surface area contributed by atoms with Crippen molar-refractivity contribution in [1.82, 2.24) is 0 Å². The van der Waals surface area contributed by atoms with Gasteiger partial charge >= 0.3 is 0 Å². The molecule has 0 bridgehead atoms. The molecule has 0 saturated heterocycles. The second-order valence-corrected chi connectivity index (χ2v) is 4.48. The number of aliphatic hydroxyl groups excluding tert-OH is 1. The number of aliphatic hydroxyl groups is 1. The first-order chi connectivity index (χ1) is 9.31. The number of hydrogen-bond donors (Lipinski definition) is 1. The summed E-state index contributed by atoms with van der Waals surface area (Å²) in [5.74, 6) is 10.8. The van der Waals surface area contributed by atoms with Crippen LogP contribution in [0.1, 0.15) is 58.3 Å². The Morgan fingerprint density at radius 2 is 1.79 bits per heavy atom. The Morgan fingerprint density at radius 3 is 2.53 bits per heavy atom. The summed E-state index contributed by atoms with van der Waals surface area (Å²) in [5.41, 5.74) is 0. The van der Waals surface area contributed by atoms with Gasteiger partial charge in [-0.2, -0.15) is 0 Å². The number of allylic oxidation sites excluding steroid dienone is 2. The van der Waals surface area contributed by atoms with Gasteiger partial charge in [0.25, 0.3) is 0 Å². The van der Waals surface area contributed by atoms with Gasteiger partial charge in [0.2, 0.25) is 0 Å². The van der Waals surface area contributed by atoms with Crippen molar-refractivity contribution in [3.63, 3.8) is 0 Å². The Bertz CT molecular complexity index is 357. The number of hydrogen-bond acceptors (Lipinski definition) is 1. The average molecular weight is 258 g/mol. The maximum absolute atomic E-state index is 9.06. The van der Waals surface area contributed by atoms with Crippen LogP contribution in [0.2, 0.25) is 0 Å². The van der Waals surface area contributed by atoms with Gasteiger partial charge in [-0.05, 0) is 24.7 Å². The largest absolute Gasteiger partial charge is 0.377 e. The van der Waals surface area contributed by atoms with Crippen molar-refractivity contribution in [2.75, 3.05) is 0 Å². The van der Waals surface area contributed by atoms with E-state index in [0.29, 0.717) is 0 Å². The van der Waals surface area contributed by atoms with Crippen molar-refractivity contribution in [2.45, 2.75) is 64.4 Å². The molecule has 0 amide bonds. The van der Waals surface area contributed by atoms with Crippen LogP contribution < -0.4 is 0 Å². The van der Waals surface area contributed by atoms with E-state index in [9.17, 15) is 0 Å². The first-order valence-corrected chi connectivity index (χ1v) is 7.25. The summed E-state index contributed by atoms with van der Waals surface area (Å²) >= 11 is 0. The fraction of sp³-hybridized carbons (Fsp3) is 0.556. The van der Waals surface area contributed by atoms with E-state index in [1.54, 1.807) is 0 Å². The molecule has 19 heavy (non-hydrogen) atoms. The predicted molar refractivity (Wildman–Crippen MR) is 83.5 cm³/mol. The lowest BCUT2D eigenvalue weighted by Crippen LogP contribution is -1.94. The summed E-state index contributed by atoms with van der Waals surface area (Å²) in [7, 11) is 0. The smallest absolute Gasteiger partial charge is 0.134 e. The fourth-order valence-electron chi connectivity index (χ4n) is 1.57. The number of rotatable bonds is 9.